The molecule has 1 unspecified atom stereocenters. The first-order valence-corrected chi connectivity index (χ1v) is 8.37. The van der Waals surface area contributed by atoms with E-state index in [1.807, 2.05) is 6.07 Å². The van der Waals surface area contributed by atoms with Crippen LogP contribution in [0.15, 0.2) is 29.2 Å². The van der Waals surface area contributed by atoms with Crippen LogP contribution in [-0.4, -0.2) is 15.0 Å². The van der Waals surface area contributed by atoms with Gasteiger partial charge >= 0.3 is 0 Å². The van der Waals surface area contributed by atoms with Crippen molar-refractivity contribution in [3.63, 3.8) is 0 Å². The zero-order valence-corrected chi connectivity index (χ0v) is 12.1. The number of primary sulfonamides is 1. The molecule has 106 valence electrons. The summed E-state index contributed by atoms with van der Waals surface area (Å²) in [6.45, 7) is 3.05. The highest BCUT2D eigenvalue weighted by Gasteiger charge is 2.16. The molecule has 0 bridgehead atoms. The molecule has 0 spiro atoms. The fraction of sp³-hybridized carbons (Fsp3) is 0.571. The van der Waals surface area contributed by atoms with Gasteiger partial charge in [0.25, 0.3) is 0 Å². The lowest BCUT2D eigenvalue weighted by atomic mass is 10.1. The second-order valence-corrected chi connectivity index (χ2v) is 6.96. The highest BCUT2D eigenvalue weighted by atomic mass is 32.2. The fourth-order valence-corrected chi connectivity index (χ4v) is 3.21. The molecule has 0 radical (unpaired) electrons. The van der Waals surface area contributed by atoms with Crippen molar-refractivity contribution >= 4 is 10.0 Å². The zero-order chi connectivity index (χ0) is 13.9. The predicted octanol–water partition coefficient (Wildman–Crippen LogP) is 2.17. The SMILES string of the molecule is CC(NCC1CCCC1)c1cccc(S(N)(=O)=O)c1. The monoisotopic (exact) mass is 282 g/mol. The summed E-state index contributed by atoms with van der Waals surface area (Å²) in [5, 5.41) is 8.63. The van der Waals surface area contributed by atoms with Gasteiger partial charge in [0.1, 0.15) is 0 Å². The Bertz CT molecular complexity index is 522. The van der Waals surface area contributed by atoms with Crippen molar-refractivity contribution in [1.82, 2.24) is 5.32 Å². The summed E-state index contributed by atoms with van der Waals surface area (Å²) in [7, 11) is -3.62. The molecule has 5 heteroatoms. The van der Waals surface area contributed by atoms with Gasteiger partial charge in [-0.1, -0.05) is 25.0 Å². The second-order valence-electron chi connectivity index (χ2n) is 5.40. The zero-order valence-electron chi connectivity index (χ0n) is 11.3. The van der Waals surface area contributed by atoms with E-state index in [0.29, 0.717) is 0 Å². The third-order valence-electron chi connectivity index (χ3n) is 3.87. The number of sulfonamides is 1. The molecule has 0 aromatic heterocycles. The van der Waals surface area contributed by atoms with Crippen LogP contribution in [0.25, 0.3) is 0 Å². The molecule has 1 fully saturated rings. The molecule has 0 aliphatic heterocycles. The van der Waals surface area contributed by atoms with Crippen LogP contribution in [0.5, 0.6) is 0 Å². The van der Waals surface area contributed by atoms with E-state index in [0.717, 1.165) is 18.0 Å². The van der Waals surface area contributed by atoms with E-state index in [1.54, 1.807) is 12.1 Å². The van der Waals surface area contributed by atoms with E-state index >= 15 is 0 Å². The molecule has 1 saturated carbocycles. The number of rotatable bonds is 5. The van der Waals surface area contributed by atoms with Crippen LogP contribution in [0.3, 0.4) is 0 Å². The highest BCUT2D eigenvalue weighted by Crippen LogP contribution is 2.25. The minimum Gasteiger partial charge on any atom is -0.310 e. The molecule has 1 aliphatic rings. The standard InChI is InChI=1S/C14H22N2O2S/c1-11(16-10-12-5-2-3-6-12)13-7-4-8-14(9-13)19(15,17)18/h4,7-9,11-12,16H,2-3,5-6,10H2,1H3,(H2,15,17,18). The van der Waals surface area contributed by atoms with Crippen molar-refractivity contribution in [3.05, 3.63) is 29.8 Å². The van der Waals surface area contributed by atoms with E-state index in [9.17, 15) is 8.42 Å². The second kappa shape index (κ2) is 6.03. The van der Waals surface area contributed by atoms with Crippen LogP contribution in [0.1, 0.15) is 44.2 Å². The molecular weight excluding hydrogens is 260 g/mol. The molecule has 0 heterocycles. The third kappa shape index (κ3) is 4.03. The van der Waals surface area contributed by atoms with Gasteiger partial charge in [0.15, 0.2) is 0 Å². The molecule has 1 aromatic rings. The molecule has 0 amide bonds. The van der Waals surface area contributed by atoms with E-state index < -0.39 is 10.0 Å². The Morgan fingerprint density at radius 2 is 2.05 bits per heavy atom. The van der Waals surface area contributed by atoms with Gasteiger partial charge in [0.2, 0.25) is 10.0 Å². The first kappa shape index (κ1) is 14.5. The van der Waals surface area contributed by atoms with Crippen molar-refractivity contribution in [1.29, 1.82) is 0 Å². The number of benzene rings is 1. The van der Waals surface area contributed by atoms with E-state index in [2.05, 4.69) is 12.2 Å². The van der Waals surface area contributed by atoms with Crippen molar-refractivity contribution in [2.45, 2.75) is 43.5 Å². The lowest BCUT2D eigenvalue weighted by molar-refractivity contribution is 0.452. The molecule has 3 N–H and O–H groups in total. The molecule has 4 nitrogen and oxygen atoms in total. The molecule has 2 rings (SSSR count). The van der Waals surface area contributed by atoms with E-state index in [4.69, 9.17) is 5.14 Å². The average Bonchev–Trinajstić information content (AvgIpc) is 2.88. The Labute approximate surface area is 115 Å². The summed E-state index contributed by atoms with van der Waals surface area (Å²) in [4.78, 5) is 0.180. The van der Waals surface area contributed by atoms with Crippen molar-refractivity contribution in [3.8, 4) is 0 Å². The van der Waals surface area contributed by atoms with Crippen LogP contribution in [0.4, 0.5) is 0 Å². The van der Waals surface area contributed by atoms with Gasteiger partial charge in [0, 0.05) is 6.04 Å². The maximum atomic E-state index is 11.3. The van der Waals surface area contributed by atoms with E-state index in [-0.39, 0.29) is 10.9 Å². The summed E-state index contributed by atoms with van der Waals surface area (Å²) >= 11 is 0. The van der Waals surface area contributed by atoms with Crippen LogP contribution in [0, 0.1) is 5.92 Å². The van der Waals surface area contributed by atoms with Crippen molar-refractivity contribution < 1.29 is 8.42 Å². The van der Waals surface area contributed by atoms with Crippen LogP contribution >= 0.6 is 0 Å². The molecule has 0 saturated heterocycles. The Hall–Kier alpha value is -0.910. The Morgan fingerprint density at radius 1 is 1.37 bits per heavy atom. The first-order chi connectivity index (χ1) is 8.97. The topological polar surface area (TPSA) is 72.2 Å². The minimum atomic E-state index is -3.62. The normalized spacial score (nSPS) is 18.6. The first-order valence-electron chi connectivity index (χ1n) is 6.83. The predicted molar refractivity (Wildman–Crippen MR) is 76.2 cm³/mol. The maximum Gasteiger partial charge on any atom is 0.238 e. The summed E-state index contributed by atoms with van der Waals surface area (Å²) < 4.78 is 22.7. The van der Waals surface area contributed by atoms with Crippen LogP contribution in [-0.2, 0) is 10.0 Å². The van der Waals surface area contributed by atoms with Gasteiger partial charge in [-0.3, -0.25) is 0 Å². The van der Waals surface area contributed by atoms with E-state index in [1.165, 1.54) is 31.7 Å². The summed E-state index contributed by atoms with van der Waals surface area (Å²) in [6, 6.07) is 7.00. The Morgan fingerprint density at radius 3 is 2.68 bits per heavy atom. The van der Waals surface area contributed by atoms with Gasteiger partial charge in [-0.25, -0.2) is 13.6 Å². The Balaban J connectivity index is 2.00. The summed E-state index contributed by atoms with van der Waals surface area (Å²) in [5.74, 6) is 0.767. The summed E-state index contributed by atoms with van der Waals surface area (Å²) in [5.41, 5.74) is 0.963. The van der Waals surface area contributed by atoms with Crippen molar-refractivity contribution in [2.24, 2.45) is 11.1 Å². The van der Waals surface area contributed by atoms with Crippen molar-refractivity contribution in [2.75, 3.05) is 6.54 Å². The van der Waals surface area contributed by atoms with Gasteiger partial charge < -0.3 is 5.32 Å². The average molecular weight is 282 g/mol. The van der Waals surface area contributed by atoms with Gasteiger partial charge in [0.05, 0.1) is 4.90 Å². The smallest absolute Gasteiger partial charge is 0.238 e. The number of nitrogens with two attached hydrogens (primary N) is 1. The number of hydrogen-bond acceptors (Lipinski definition) is 3. The fourth-order valence-electron chi connectivity index (χ4n) is 2.64. The van der Waals surface area contributed by atoms with Gasteiger partial charge in [-0.15, -0.1) is 0 Å². The molecule has 19 heavy (non-hydrogen) atoms. The molecular formula is C14H22N2O2S. The van der Waals surface area contributed by atoms with Crippen LogP contribution < -0.4 is 10.5 Å². The Kier molecular flexibility index (Phi) is 4.60. The molecule has 1 atom stereocenters. The minimum absolute atomic E-state index is 0.141. The number of hydrogen-bond donors (Lipinski definition) is 2. The van der Waals surface area contributed by atoms with Gasteiger partial charge in [-0.05, 0) is 49.9 Å². The maximum absolute atomic E-state index is 11.3. The highest BCUT2D eigenvalue weighted by molar-refractivity contribution is 7.89. The molecule has 1 aromatic carbocycles. The summed E-state index contributed by atoms with van der Waals surface area (Å²) in [6.07, 6.45) is 5.27. The van der Waals surface area contributed by atoms with Gasteiger partial charge in [-0.2, -0.15) is 0 Å². The van der Waals surface area contributed by atoms with Crippen LogP contribution in [0.2, 0.25) is 0 Å². The third-order valence-corrected chi connectivity index (χ3v) is 4.79. The quantitative estimate of drug-likeness (QED) is 0.869. The molecule has 1 aliphatic carbocycles. The lowest BCUT2D eigenvalue weighted by Gasteiger charge is -2.18. The lowest BCUT2D eigenvalue weighted by Crippen LogP contribution is -2.24. The largest absolute Gasteiger partial charge is 0.310 e. The number of nitrogens with one attached hydrogen (secondary N) is 1.